The minimum atomic E-state index is -0.611. The van der Waals surface area contributed by atoms with Crippen LogP contribution in [0, 0.1) is 23.2 Å². The van der Waals surface area contributed by atoms with E-state index >= 15 is 0 Å². The average molecular weight is 445 g/mol. The Balaban J connectivity index is 1.61. The minimum Gasteiger partial charge on any atom is -0.393 e. The predicted octanol–water partition coefficient (Wildman–Crippen LogP) is 6.48. The molecule has 0 unspecified atom stereocenters. The first-order chi connectivity index (χ1) is 15.0. The molecule has 3 saturated carbocycles. The summed E-state index contributed by atoms with van der Waals surface area (Å²) in [6.07, 6.45) is 16.6. The molecule has 3 aliphatic carbocycles. The first-order valence-electron chi connectivity index (χ1n) is 13.2. The molecule has 0 bridgehead atoms. The van der Waals surface area contributed by atoms with Gasteiger partial charge in [0.05, 0.1) is 17.8 Å². The molecule has 0 spiro atoms. The Morgan fingerprint density at radius 2 is 1.91 bits per heavy atom. The van der Waals surface area contributed by atoms with Crippen LogP contribution < -0.4 is 0 Å². The predicted molar refractivity (Wildman–Crippen MR) is 133 cm³/mol. The van der Waals surface area contributed by atoms with E-state index in [1.165, 1.54) is 51.4 Å². The molecule has 3 nitrogen and oxygen atoms in total. The lowest BCUT2D eigenvalue weighted by molar-refractivity contribution is 0.0672. The average Bonchev–Trinajstić information content (AvgIpc) is 3.06. The molecule has 6 atom stereocenters. The highest BCUT2D eigenvalue weighted by atomic mass is 16.3. The molecular formula is C29H48O3. The third-order valence-corrected chi connectivity index (χ3v) is 8.94. The molecule has 3 fully saturated rings. The summed E-state index contributed by atoms with van der Waals surface area (Å²) in [5.74, 6) is 2.22. The second-order valence-electron chi connectivity index (χ2n) is 12.1. The van der Waals surface area contributed by atoms with Crippen molar-refractivity contribution in [3.05, 3.63) is 35.5 Å². The van der Waals surface area contributed by atoms with E-state index < -0.39 is 17.8 Å². The third kappa shape index (κ3) is 6.15. The lowest BCUT2D eigenvalue weighted by atomic mass is 9.60. The van der Waals surface area contributed by atoms with E-state index in [2.05, 4.69) is 32.6 Å². The topological polar surface area (TPSA) is 60.7 Å². The molecule has 0 aromatic rings. The molecule has 3 N–H and O–H groups in total. The van der Waals surface area contributed by atoms with Gasteiger partial charge in [-0.3, -0.25) is 0 Å². The zero-order valence-electron chi connectivity index (χ0n) is 21.1. The van der Waals surface area contributed by atoms with Crippen molar-refractivity contribution in [3.8, 4) is 0 Å². The van der Waals surface area contributed by atoms with Crippen LogP contribution in [0.3, 0.4) is 0 Å². The smallest absolute Gasteiger partial charge is 0.0811 e. The number of aliphatic hydroxyl groups is 3. The largest absolute Gasteiger partial charge is 0.393 e. The van der Waals surface area contributed by atoms with Crippen LogP contribution in [-0.4, -0.2) is 33.1 Å². The van der Waals surface area contributed by atoms with Crippen molar-refractivity contribution < 1.29 is 15.3 Å². The molecule has 0 aliphatic heterocycles. The summed E-state index contributed by atoms with van der Waals surface area (Å²) < 4.78 is 0. The van der Waals surface area contributed by atoms with Gasteiger partial charge in [0.2, 0.25) is 0 Å². The molecule has 0 aromatic heterocycles. The fraction of sp³-hybridized carbons (Fsp3) is 0.793. The Kier molecular flexibility index (Phi) is 8.50. The van der Waals surface area contributed by atoms with Crippen molar-refractivity contribution in [1.82, 2.24) is 0 Å². The Labute approximate surface area is 196 Å². The maximum Gasteiger partial charge on any atom is 0.0811 e. The van der Waals surface area contributed by atoms with Gasteiger partial charge >= 0.3 is 0 Å². The molecular weight excluding hydrogens is 396 g/mol. The maximum absolute atomic E-state index is 10.2. The van der Waals surface area contributed by atoms with E-state index in [0.29, 0.717) is 24.2 Å². The summed E-state index contributed by atoms with van der Waals surface area (Å²) in [7, 11) is 0. The Morgan fingerprint density at radius 3 is 2.62 bits per heavy atom. The highest BCUT2D eigenvalue weighted by molar-refractivity contribution is 5.38. The highest BCUT2D eigenvalue weighted by Crippen LogP contribution is 2.60. The second-order valence-corrected chi connectivity index (χ2v) is 12.1. The first kappa shape index (κ1) is 25.7. The second kappa shape index (κ2) is 10.6. The molecule has 0 heterocycles. The van der Waals surface area contributed by atoms with Gasteiger partial charge in [-0.1, -0.05) is 63.8 Å². The maximum atomic E-state index is 10.2. The van der Waals surface area contributed by atoms with Crippen molar-refractivity contribution in [2.24, 2.45) is 23.2 Å². The van der Waals surface area contributed by atoms with E-state index in [4.69, 9.17) is 0 Å². The van der Waals surface area contributed by atoms with Gasteiger partial charge in [0.25, 0.3) is 0 Å². The number of hydrogen-bond acceptors (Lipinski definition) is 3. The van der Waals surface area contributed by atoms with Crippen LogP contribution in [0.1, 0.15) is 105 Å². The number of fused-ring (bicyclic) bond motifs is 1. The number of rotatable bonds is 8. The molecule has 32 heavy (non-hydrogen) atoms. The van der Waals surface area contributed by atoms with Gasteiger partial charge in [0.1, 0.15) is 0 Å². The molecule has 0 saturated heterocycles. The molecule has 3 heteroatoms. The highest BCUT2D eigenvalue weighted by Gasteiger charge is 2.50. The quantitative estimate of drug-likeness (QED) is 0.375. The van der Waals surface area contributed by atoms with Crippen molar-refractivity contribution in [1.29, 1.82) is 0 Å². The first-order valence-corrected chi connectivity index (χ1v) is 13.2. The lowest BCUT2D eigenvalue weighted by Crippen LogP contribution is -2.36. The Bertz CT molecular complexity index is 712. The van der Waals surface area contributed by atoms with Crippen LogP contribution in [0.4, 0.5) is 0 Å². The molecule has 3 rings (SSSR count). The summed E-state index contributed by atoms with van der Waals surface area (Å²) in [4.78, 5) is 0. The fourth-order valence-corrected chi connectivity index (χ4v) is 7.08. The Morgan fingerprint density at radius 1 is 1.16 bits per heavy atom. The van der Waals surface area contributed by atoms with Gasteiger partial charge in [-0.25, -0.2) is 0 Å². The van der Waals surface area contributed by atoms with Crippen LogP contribution in [0.15, 0.2) is 35.5 Å². The van der Waals surface area contributed by atoms with Gasteiger partial charge in [-0.15, -0.1) is 0 Å². The molecule has 3 aliphatic rings. The van der Waals surface area contributed by atoms with E-state index in [9.17, 15) is 15.3 Å². The van der Waals surface area contributed by atoms with Crippen molar-refractivity contribution >= 4 is 0 Å². The van der Waals surface area contributed by atoms with Gasteiger partial charge in [-0.2, -0.15) is 0 Å². The van der Waals surface area contributed by atoms with E-state index in [-0.39, 0.29) is 0 Å². The molecule has 0 amide bonds. The van der Waals surface area contributed by atoms with Crippen molar-refractivity contribution in [2.75, 3.05) is 0 Å². The summed E-state index contributed by atoms with van der Waals surface area (Å²) in [6.45, 7) is 12.9. The minimum absolute atomic E-state index is 0.400. The molecule has 0 aromatic carbocycles. The van der Waals surface area contributed by atoms with E-state index in [0.717, 1.165) is 35.8 Å². The zero-order chi connectivity index (χ0) is 23.5. The number of hydrogen-bond donors (Lipinski definition) is 3. The molecule has 182 valence electrons. The standard InChI is InChI=1S/C29H48O3/c1-20(10-7-6-8-16-28(3,4)32)25-14-15-26-22(11-9-17-29(25,26)5)12-13-23-18-24(30)19-27(31)21(23)2/h12-13,20,24-27,30-32H,2,6-11,14-19H2,1,3-5H3/b22-12+,23-13-/t20-,24+,25+,26-,27-,29+/m0/s1. The van der Waals surface area contributed by atoms with Crippen LogP contribution >= 0.6 is 0 Å². The lowest BCUT2D eigenvalue weighted by Gasteiger charge is -2.44. The number of aliphatic hydroxyl groups excluding tert-OH is 2. The van der Waals surface area contributed by atoms with Crippen LogP contribution in [0.2, 0.25) is 0 Å². The van der Waals surface area contributed by atoms with Gasteiger partial charge in [0, 0.05) is 6.42 Å². The summed E-state index contributed by atoms with van der Waals surface area (Å²) in [5, 5.41) is 30.1. The SMILES string of the molecule is C=C1/C(=C\C=C2/CCC[C@]3(C)[C@@H]([C@@H](C)CCCCCC(C)(C)O)CC[C@@H]23)C[C@@H](O)C[C@@H]1O. The van der Waals surface area contributed by atoms with Crippen LogP contribution in [-0.2, 0) is 0 Å². The van der Waals surface area contributed by atoms with Crippen molar-refractivity contribution in [3.63, 3.8) is 0 Å². The summed E-state index contributed by atoms with van der Waals surface area (Å²) >= 11 is 0. The molecule has 0 radical (unpaired) electrons. The van der Waals surface area contributed by atoms with E-state index in [1.54, 1.807) is 5.57 Å². The number of allylic oxidation sites excluding steroid dienone is 3. The van der Waals surface area contributed by atoms with Gasteiger partial charge in [0.15, 0.2) is 0 Å². The zero-order valence-corrected chi connectivity index (χ0v) is 21.1. The third-order valence-electron chi connectivity index (χ3n) is 8.94. The Hall–Kier alpha value is -0.900. The van der Waals surface area contributed by atoms with Crippen LogP contribution in [0.5, 0.6) is 0 Å². The summed E-state index contributed by atoms with van der Waals surface area (Å²) in [6, 6.07) is 0. The normalized spacial score (nSPS) is 37.2. The van der Waals surface area contributed by atoms with Gasteiger partial charge < -0.3 is 15.3 Å². The fourth-order valence-electron chi connectivity index (χ4n) is 7.08. The van der Waals surface area contributed by atoms with Crippen LogP contribution in [0.25, 0.3) is 0 Å². The van der Waals surface area contributed by atoms with Gasteiger partial charge in [-0.05, 0) is 93.1 Å². The monoisotopic (exact) mass is 444 g/mol. The summed E-state index contributed by atoms with van der Waals surface area (Å²) in [5.41, 5.74) is 3.25. The van der Waals surface area contributed by atoms with Crippen molar-refractivity contribution in [2.45, 2.75) is 123 Å². The number of unbranched alkanes of at least 4 members (excludes halogenated alkanes) is 2. The van der Waals surface area contributed by atoms with E-state index in [1.807, 2.05) is 13.8 Å².